The van der Waals surface area contributed by atoms with Gasteiger partial charge in [-0.15, -0.1) is 0 Å². The van der Waals surface area contributed by atoms with E-state index in [2.05, 4.69) is 10.6 Å². The van der Waals surface area contributed by atoms with Crippen LogP contribution in [0.1, 0.15) is 5.56 Å². The Morgan fingerprint density at radius 3 is 2.78 bits per heavy atom. The third kappa shape index (κ3) is 4.00. The maximum Gasteiger partial charge on any atom is 0.319 e. The molecule has 0 fully saturated rings. The van der Waals surface area contributed by atoms with Gasteiger partial charge in [0.25, 0.3) is 0 Å². The van der Waals surface area contributed by atoms with Crippen LogP contribution in [0.5, 0.6) is 11.5 Å². The fourth-order valence-corrected chi connectivity index (χ4v) is 2.51. The lowest BCUT2D eigenvalue weighted by Crippen LogP contribution is -2.30. The number of benzene rings is 2. The Kier molecular flexibility index (Phi) is 4.79. The van der Waals surface area contributed by atoms with Crippen molar-refractivity contribution in [1.82, 2.24) is 5.32 Å². The van der Waals surface area contributed by atoms with Crippen LogP contribution in [0, 0.1) is 0 Å². The van der Waals surface area contributed by atoms with Gasteiger partial charge in [0.05, 0.1) is 10.7 Å². The highest BCUT2D eigenvalue weighted by molar-refractivity contribution is 6.35. The number of hydrogen-bond acceptors (Lipinski definition) is 3. The van der Waals surface area contributed by atoms with E-state index in [1.807, 2.05) is 18.2 Å². The molecule has 23 heavy (non-hydrogen) atoms. The summed E-state index contributed by atoms with van der Waals surface area (Å²) < 4.78 is 10.6. The third-order valence-corrected chi connectivity index (χ3v) is 3.88. The molecule has 0 saturated heterocycles. The van der Waals surface area contributed by atoms with Crippen LogP contribution < -0.4 is 20.1 Å². The Balaban J connectivity index is 1.50. The van der Waals surface area contributed by atoms with E-state index >= 15 is 0 Å². The first-order valence-corrected chi connectivity index (χ1v) is 7.76. The molecule has 0 saturated carbocycles. The van der Waals surface area contributed by atoms with Crippen molar-refractivity contribution in [2.45, 2.75) is 6.42 Å². The fourth-order valence-electron chi connectivity index (χ4n) is 2.18. The normalized spacial score (nSPS) is 12.1. The SMILES string of the molecule is O=C(NCCc1ccc2c(c1)OCO2)Nc1cc(Cl)ccc1Cl. The summed E-state index contributed by atoms with van der Waals surface area (Å²) in [5, 5.41) is 6.37. The molecule has 0 aliphatic carbocycles. The average Bonchev–Trinajstić information content (AvgIpc) is 2.98. The molecular weight excluding hydrogens is 339 g/mol. The number of urea groups is 1. The van der Waals surface area contributed by atoms with Gasteiger partial charge in [-0.25, -0.2) is 4.79 Å². The smallest absolute Gasteiger partial charge is 0.319 e. The van der Waals surface area contributed by atoms with Crippen LogP contribution in [-0.2, 0) is 6.42 Å². The number of carbonyl (C=O) groups is 1. The quantitative estimate of drug-likeness (QED) is 0.871. The molecule has 0 bridgehead atoms. The molecule has 0 unspecified atom stereocenters. The average molecular weight is 353 g/mol. The van der Waals surface area contributed by atoms with Crippen LogP contribution in [0.15, 0.2) is 36.4 Å². The van der Waals surface area contributed by atoms with E-state index in [4.69, 9.17) is 32.7 Å². The van der Waals surface area contributed by atoms with E-state index in [0.717, 1.165) is 17.1 Å². The maximum absolute atomic E-state index is 11.9. The van der Waals surface area contributed by atoms with Crippen molar-refractivity contribution in [3.63, 3.8) is 0 Å². The van der Waals surface area contributed by atoms with Crippen molar-refractivity contribution < 1.29 is 14.3 Å². The molecule has 7 heteroatoms. The molecule has 2 aromatic carbocycles. The van der Waals surface area contributed by atoms with Gasteiger partial charge in [0, 0.05) is 11.6 Å². The summed E-state index contributed by atoms with van der Waals surface area (Å²) in [4.78, 5) is 11.9. The molecular formula is C16H14Cl2N2O3. The second-order valence-electron chi connectivity index (χ2n) is 4.94. The molecule has 1 aliphatic rings. The molecule has 0 aromatic heterocycles. The number of ether oxygens (including phenoxy) is 2. The summed E-state index contributed by atoms with van der Waals surface area (Å²) in [6, 6.07) is 10.3. The number of rotatable bonds is 4. The summed E-state index contributed by atoms with van der Waals surface area (Å²) in [5.74, 6) is 1.48. The Bertz CT molecular complexity index is 737. The zero-order valence-electron chi connectivity index (χ0n) is 12.1. The molecule has 1 heterocycles. The second-order valence-corrected chi connectivity index (χ2v) is 5.79. The number of halogens is 2. The molecule has 5 nitrogen and oxygen atoms in total. The van der Waals surface area contributed by atoms with Gasteiger partial charge in [0.1, 0.15) is 0 Å². The van der Waals surface area contributed by atoms with E-state index < -0.39 is 0 Å². The number of nitrogens with one attached hydrogen (secondary N) is 2. The Hall–Kier alpha value is -2.11. The lowest BCUT2D eigenvalue weighted by Gasteiger charge is -2.09. The lowest BCUT2D eigenvalue weighted by atomic mass is 10.1. The number of anilines is 1. The van der Waals surface area contributed by atoms with E-state index in [9.17, 15) is 4.79 Å². The van der Waals surface area contributed by atoms with Crippen LogP contribution in [-0.4, -0.2) is 19.4 Å². The standard InChI is InChI=1S/C16H14Cl2N2O3/c17-11-2-3-12(18)13(8-11)20-16(21)19-6-5-10-1-4-14-15(7-10)23-9-22-14/h1-4,7-8H,5-6,9H2,(H2,19,20,21). The topological polar surface area (TPSA) is 59.6 Å². The monoisotopic (exact) mass is 352 g/mol. The highest BCUT2D eigenvalue weighted by Crippen LogP contribution is 2.32. The van der Waals surface area contributed by atoms with Crippen LogP contribution in [0.4, 0.5) is 10.5 Å². The summed E-state index contributed by atoms with van der Waals surface area (Å²) in [7, 11) is 0. The van der Waals surface area contributed by atoms with E-state index in [-0.39, 0.29) is 12.8 Å². The number of fused-ring (bicyclic) bond motifs is 1. The Labute approximate surface area is 143 Å². The molecule has 3 rings (SSSR count). The van der Waals surface area contributed by atoms with Crippen LogP contribution in [0.2, 0.25) is 10.0 Å². The Morgan fingerprint density at radius 1 is 1.09 bits per heavy atom. The van der Waals surface area contributed by atoms with Crippen LogP contribution in [0.3, 0.4) is 0 Å². The number of amides is 2. The predicted octanol–water partition coefficient (Wildman–Crippen LogP) is 4.09. The first kappa shape index (κ1) is 15.8. The second kappa shape index (κ2) is 6.98. The van der Waals surface area contributed by atoms with Gasteiger partial charge in [0.2, 0.25) is 6.79 Å². The van der Waals surface area contributed by atoms with Crippen molar-refractivity contribution in [2.75, 3.05) is 18.7 Å². The zero-order valence-corrected chi connectivity index (χ0v) is 13.6. The summed E-state index contributed by atoms with van der Waals surface area (Å²) in [5.41, 5.74) is 1.52. The molecule has 2 amide bonds. The van der Waals surface area contributed by atoms with Gasteiger partial charge in [-0.1, -0.05) is 29.3 Å². The van der Waals surface area contributed by atoms with Crippen molar-refractivity contribution in [3.05, 3.63) is 52.0 Å². The summed E-state index contributed by atoms with van der Waals surface area (Å²) >= 11 is 11.9. The Morgan fingerprint density at radius 2 is 1.91 bits per heavy atom. The third-order valence-electron chi connectivity index (χ3n) is 3.31. The molecule has 0 radical (unpaired) electrons. The molecule has 1 aliphatic heterocycles. The summed E-state index contributed by atoms with van der Waals surface area (Å²) in [6.07, 6.45) is 0.674. The molecule has 120 valence electrons. The zero-order chi connectivity index (χ0) is 16.2. The highest BCUT2D eigenvalue weighted by atomic mass is 35.5. The van der Waals surface area contributed by atoms with Gasteiger partial charge in [-0.05, 0) is 42.3 Å². The molecule has 0 atom stereocenters. The van der Waals surface area contributed by atoms with Crippen molar-refractivity contribution in [1.29, 1.82) is 0 Å². The molecule has 2 N–H and O–H groups in total. The van der Waals surface area contributed by atoms with Crippen molar-refractivity contribution in [3.8, 4) is 11.5 Å². The van der Waals surface area contributed by atoms with Crippen LogP contribution >= 0.6 is 23.2 Å². The minimum Gasteiger partial charge on any atom is -0.454 e. The first-order valence-electron chi connectivity index (χ1n) is 7.00. The molecule has 2 aromatic rings. The fraction of sp³-hybridized carbons (Fsp3) is 0.188. The maximum atomic E-state index is 11.9. The molecule has 0 spiro atoms. The van der Waals surface area contributed by atoms with Crippen LogP contribution in [0.25, 0.3) is 0 Å². The first-order chi connectivity index (χ1) is 11.1. The highest BCUT2D eigenvalue weighted by Gasteiger charge is 2.13. The van der Waals surface area contributed by atoms with Gasteiger partial charge in [-0.2, -0.15) is 0 Å². The van der Waals surface area contributed by atoms with Gasteiger partial charge >= 0.3 is 6.03 Å². The van der Waals surface area contributed by atoms with E-state index in [1.165, 1.54) is 0 Å². The number of carbonyl (C=O) groups excluding carboxylic acids is 1. The minimum absolute atomic E-state index is 0.250. The van der Waals surface area contributed by atoms with Gasteiger partial charge < -0.3 is 20.1 Å². The van der Waals surface area contributed by atoms with Crippen molar-refractivity contribution >= 4 is 34.9 Å². The predicted molar refractivity (Wildman–Crippen MR) is 89.8 cm³/mol. The van der Waals surface area contributed by atoms with E-state index in [1.54, 1.807) is 18.2 Å². The van der Waals surface area contributed by atoms with Crippen molar-refractivity contribution in [2.24, 2.45) is 0 Å². The largest absolute Gasteiger partial charge is 0.454 e. The number of hydrogen-bond donors (Lipinski definition) is 2. The summed E-state index contributed by atoms with van der Waals surface area (Å²) in [6.45, 7) is 0.726. The lowest BCUT2D eigenvalue weighted by molar-refractivity contribution is 0.174. The van der Waals surface area contributed by atoms with Gasteiger partial charge in [0.15, 0.2) is 11.5 Å². The van der Waals surface area contributed by atoms with E-state index in [0.29, 0.717) is 28.7 Å². The minimum atomic E-state index is -0.338. The van der Waals surface area contributed by atoms with Gasteiger partial charge in [-0.3, -0.25) is 0 Å².